The van der Waals surface area contributed by atoms with Gasteiger partial charge in [-0.1, -0.05) is 51.8 Å². The average molecular weight is 927 g/mol. The third-order valence-electron chi connectivity index (χ3n) is 8.36. The Balaban J connectivity index is 5.18. The SMILES string of the molecule is C=CCOCC(COC(=O)C=C)(COC(=O)CCCC[Si](C)(C)O[Si](C)(C)O[Si](C)(C)CCCCC(=O)OCC(COC(=O)C=C)(COC(=O)C=C)OC(=O)C=C)OC(=O)C=C. The number of carbonyl (C=O) groups excluding carboxylic acids is 7. The molecule has 0 saturated carbocycles. The lowest BCUT2D eigenvalue weighted by molar-refractivity contribution is -0.190. The normalized spacial score (nSPS) is 12.5. The van der Waals surface area contributed by atoms with E-state index in [4.69, 9.17) is 46.1 Å². The summed E-state index contributed by atoms with van der Waals surface area (Å²) in [7, 11) is -7.13. The van der Waals surface area contributed by atoms with Crippen LogP contribution in [0, 0.1) is 0 Å². The number of esters is 7. The molecule has 0 bridgehead atoms. The number of hydrogen-bond acceptors (Lipinski definition) is 17. The lowest BCUT2D eigenvalue weighted by Gasteiger charge is -2.38. The molecule has 1 unspecified atom stereocenters. The molecule has 62 heavy (non-hydrogen) atoms. The fourth-order valence-electron chi connectivity index (χ4n) is 5.71. The van der Waals surface area contributed by atoms with Gasteiger partial charge in [-0.3, -0.25) is 9.59 Å². The molecule has 0 heterocycles. The molecule has 0 rings (SSSR count). The predicted octanol–water partition coefficient (Wildman–Crippen LogP) is 5.88. The number of ether oxygens (including phenoxy) is 8. The maximum atomic E-state index is 12.8. The van der Waals surface area contributed by atoms with E-state index in [0.717, 1.165) is 42.5 Å². The summed E-state index contributed by atoms with van der Waals surface area (Å²) >= 11 is 0. The van der Waals surface area contributed by atoms with Crippen molar-refractivity contribution in [1.29, 1.82) is 0 Å². The van der Waals surface area contributed by atoms with Gasteiger partial charge >= 0.3 is 50.3 Å². The topological polar surface area (TPSA) is 212 Å². The molecular formula is C42H66O17Si3. The van der Waals surface area contributed by atoms with Crippen molar-refractivity contribution >= 4 is 67.0 Å². The monoisotopic (exact) mass is 926 g/mol. The summed E-state index contributed by atoms with van der Waals surface area (Å²) in [6.07, 6.45) is 8.42. The Kier molecular flexibility index (Phi) is 26.6. The molecule has 0 fully saturated rings. The van der Waals surface area contributed by atoms with Gasteiger partial charge in [-0.2, -0.15) is 0 Å². The van der Waals surface area contributed by atoms with Gasteiger partial charge in [0.2, 0.25) is 11.2 Å². The van der Waals surface area contributed by atoms with E-state index < -0.39 is 111 Å². The summed E-state index contributed by atoms with van der Waals surface area (Å²) in [5.41, 5.74) is -3.48. The predicted molar refractivity (Wildman–Crippen MR) is 236 cm³/mol. The van der Waals surface area contributed by atoms with E-state index in [1.807, 2.05) is 13.1 Å². The van der Waals surface area contributed by atoms with Crippen molar-refractivity contribution in [2.75, 3.05) is 46.2 Å². The van der Waals surface area contributed by atoms with Crippen LogP contribution in [0.15, 0.2) is 75.9 Å². The van der Waals surface area contributed by atoms with Gasteiger partial charge in [0.1, 0.15) is 33.0 Å². The molecule has 0 aromatic rings. The zero-order valence-electron chi connectivity index (χ0n) is 37.3. The third-order valence-corrected chi connectivity index (χ3v) is 19.8. The lowest BCUT2D eigenvalue weighted by atomic mass is 10.1. The van der Waals surface area contributed by atoms with E-state index in [-0.39, 0.29) is 26.1 Å². The van der Waals surface area contributed by atoms with Gasteiger partial charge in [0.05, 0.1) is 13.2 Å². The molecule has 0 aliphatic carbocycles. The Labute approximate surface area is 368 Å². The van der Waals surface area contributed by atoms with Crippen LogP contribution in [0.2, 0.25) is 51.4 Å². The van der Waals surface area contributed by atoms with Crippen molar-refractivity contribution in [3.63, 3.8) is 0 Å². The van der Waals surface area contributed by atoms with Crippen molar-refractivity contribution in [1.82, 2.24) is 0 Å². The van der Waals surface area contributed by atoms with Crippen LogP contribution in [0.4, 0.5) is 0 Å². The number of carbonyl (C=O) groups is 7. The Morgan fingerprint density at radius 3 is 1.10 bits per heavy atom. The van der Waals surface area contributed by atoms with E-state index in [1.54, 1.807) is 0 Å². The molecule has 0 saturated heterocycles. The number of hydrogen-bond donors (Lipinski definition) is 0. The summed E-state index contributed by atoms with van der Waals surface area (Å²) in [5.74, 6) is -5.36. The molecular weight excluding hydrogens is 861 g/mol. The first kappa shape index (κ1) is 57.3. The van der Waals surface area contributed by atoms with E-state index in [1.165, 1.54) is 6.08 Å². The Morgan fingerprint density at radius 1 is 0.452 bits per heavy atom. The molecule has 0 aromatic carbocycles. The van der Waals surface area contributed by atoms with Crippen molar-refractivity contribution in [3.05, 3.63) is 75.9 Å². The fourth-order valence-corrected chi connectivity index (χ4v) is 19.9. The molecule has 0 N–H and O–H groups in total. The van der Waals surface area contributed by atoms with Crippen molar-refractivity contribution in [2.45, 2.75) is 101 Å². The van der Waals surface area contributed by atoms with E-state index in [9.17, 15) is 33.6 Å². The first-order chi connectivity index (χ1) is 28.9. The quantitative estimate of drug-likeness (QED) is 0.0181. The Morgan fingerprint density at radius 2 is 0.774 bits per heavy atom. The van der Waals surface area contributed by atoms with Gasteiger partial charge in [-0.05, 0) is 64.2 Å². The summed E-state index contributed by atoms with van der Waals surface area (Å²) in [5, 5.41) is 0. The maximum absolute atomic E-state index is 12.8. The van der Waals surface area contributed by atoms with Crippen LogP contribution in [0.5, 0.6) is 0 Å². The van der Waals surface area contributed by atoms with Gasteiger partial charge in [-0.25, -0.2) is 24.0 Å². The first-order valence-electron chi connectivity index (χ1n) is 19.9. The summed E-state index contributed by atoms with van der Waals surface area (Å²) in [6.45, 7) is 29.9. The second-order valence-electron chi connectivity index (χ2n) is 15.7. The highest BCUT2D eigenvalue weighted by Gasteiger charge is 2.42. The Bertz CT molecular complexity index is 1560. The molecule has 1 atom stereocenters. The summed E-state index contributed by atoms with van der Waals surface area (Å²) in [6, 6.07) is 1.48. The minimum absolute atomic E-state index is 0.0264. The molecule has 0 aliphatic heterocycles. The van der Waals surface area contributed by atoms with E-state index in [0.29, 0.717) is 25.7 Å². The van der Waals surface area contributed by atoms with Gasteiger partial charge in [0.15, 0.2) is 16.6 Å². The fraction of sp³-hybridized carbons (Fsp3) is 0.548. The van der Waals surface area contributed by atoms with Crippen LogP contribution in [0.1, 0.15) is 38.5 Å². The third kappa shape index (κ3) is 25.9. The van der Waals surface area contributed by atoms with Crippen LogP contribution in [0.3, 0.4) is 0 Å². The summed E-state index contributed by atoms with van der Waals surface area (Å²) < 4.78 is 55.8. The standard InChI is InChI=1S/C42H66O17Si3/c1-13-25-50-28-41(56-37(46)17-5,29-51-34(43)14-2)30-54-39(48)23-19-21-26-60(7,8)58-62(11,12)59-61(9,10)27-22-20-24-40(49)55-33-42(57-38(47)18-6,31-52-35(44)15-3)32-53-36(45)16-4/h13-18H,1-6,19-33H2,7-12H3. The lowest BCUT2D eigenvalue weighted by Crippen LogP contribution is -2.52. The highest BCUT2D eigenvalue weighted by molar-refractivity contribution is 6.87. The zero-order valence-corrected chi connectivity index (χ0v) is 40.3. The first-order valence-corrected chi connectivity index (χ1v) is 29.0. The summed E-state index contributed by atoms with van der Waals surface area (Å²) in [4.78, 5) is 85.2. The molecule has 0 spiro atoms. The molecule has 20 heteroatoms. The largest absolute Gasteiger partial charge is 0.461 e. The molecule has 0 aromatic heterocycles. The number of unbranched alkanes of at least 4 members (excludes halogenated alkanes) is 2. The molecule has 0 amide bonds. The van der Waals surface area contributed by atoms with Gasteiger partial charge in [0, 0.05) is 43.2 Å². The maximum Gasteiger partial charge on any atom is 0.331 e. The molecule has 0 aliphatic rings. The number of rotatable bonds is 35. The highest BCUT2D eigenvalue weighted by Crippen LogP contribution is 2.27. The molecule has 348 valence electrons. The smallest absolute Gasteiger partial charge is 0.331 e. The van der Waals surface area contributed by atoms with E-state index >= 15 is 0 Å². The van der Waals surface area contributed by atoms with Crippen LogP contribution >= 0.6 is 0 Å². The average Bonchev–Trinajstić information content (AvgIpc) is 3.21. The van der Waals surface area contributed by atoms with Gasteiger partial charge in [0.25, 0.3) is 0 Å². The van der Waals surface area contributed by atoms with Gasteiger partial charge in [-0.15, -0.1) is 6.58 Å². The second kappa shape index (κ2) is 28.8. The second-order valence-corrected chi connectivity index (χ2v) is 28.2. The molecule has 17 nitrogen and oxygen atoms in total. The minimum atomic E-state index is -2.61. The highest BCUT2D eigenvalue weighted by atomic mass is 28.5. The molecule has 0 radical (unpaired) electrons. The minimum Gasteiger partial charge on any atom is -0.461 e. The zero-order chi connectivity index (χ0) is 47.5. The van der Waals surface area contributed by atoms with Crippen molar-refractivity contribution in [2.24, 2.45) is 0 Å². The van der Waals surface area contributed by atoms with Crippen LogP contribution < -0.4 is 0 Å². The van der Waals surface area contributed by atoms with Crippen molar-refractivity contribution < 1.29 is 79.7 Å². The van der Waals surface area contributed by atoms with E-state index in [2.05, 4.69) is 65.7 Å². The Hall–Kier alpha value is -4.74. The van der Waals surface area contributed by atoms with Crippen LogP contribution in [0.25, 0.3) is 0 Å². The van der Waals surface area contributed by atoms with Crippen LogP contribution in [-0.4, -0.2) is 124 Å². The van der Waals surface area contributed by atoms with Gasteiger partial charge < -0.3 is 46.1 Å². The van der Waals surface area contributed by atoms with Crippen LogP contribution in [-0.2, 0) is 79.7 Å². The van der Waals surface area contributed by atoms with Crippen molar-refractivity contribution in [3.8, 4) is 0 Å².